The van der Waals surface area contributed by atoms with Crippen LogP contribution in [0.4, 0.5) is 0 Å². The molecule has 102 heavy (non-hydrogen) atoms. The number of rotatable bonds is 5. The molecule has 0 unspecified atom stereocenters. The van der Waals surface area contributed by atoms with Crippen LogP contribution in [0.15, 0.2) is 413 Å². The zero-order chi connectivity index (χ0) is 71.1. The van der Waals surface area contributed by atoms with E-state index in [2.05, 4.69) is 432 Å². The van der Waals surface area contributed by atoms with Gasteiger partial charge < -0.3 is 0 Å². The molecule has 0 radical (unpaired) electrons. The molecule has 500 valence electrons. The van der Waals surface area contributed by atoms with Crippen molar-refractivity contribution in [2.75, 3.05) is 0 Å². The highest BCUT2D eigenvalue weighted by Crippen LogP contribution is 2.31. The highest BCUT2D eigenvalue weighted by atomic mass is 14.1. The van der Waals surface area contributed by atoms with E-state index in [1.54, 1.807) is 0 Å². The van der Waals surface area contributed by atoms with Gasteiger partial charge in [-0.15, -0.1) is 0 Å². The van der Waals surface area contributed by atoms with Crippen LogP contribution in [0.25, 0.3) is 98.7 Å². The predicted octanol–water partition coefficient (Wildman–Crippen LogP) is 28.9. The third kappa shape index (κ3) is 21.9. The molecule has 0 saturated carbocycles. The van der Waals surface area contributed by atoms with Crippen LogP contribution < -0.4 is 0 Å². The fraction of sp³-hybridized carbons (Fsp3) is 0.0784. The third-order valence-electron chi connectivity index (χ3n) is 17.6. The lowest BCUT2D eigenvalue weighted by Crippen LogP contribution is -1.82. The molecule has 0 heteroatoms. The molecule has 0 aliphatic heterocycles. The summed E-state index contributed by atoms with van der Waals surface area (Å²) >= 11 is 0. The Morgan fingerprint density at radius 3 is 0.912 bits per heavy atom. The molecule has 0 aliphatic rings. The van der Waals surface area contributed by atoms with Gasteiger partial charge in [-0.2, -0.15) is 0 Å². The molecule has 0 N–H and O–H groups in total. The van der Waals surface area contributed by atoms with E-state index < -0.39 is 0 Å². The molecule has 0 saturated heterocycles. The summed E-state index contributed by atoms with van der Waals surface area (Å²) in [5.41, 5.74) is 23.5. The van der Waals surface area contributed by atoms with Crippen LogP contribution in [0.1, 0.15) is 44.5 Å². The van der Waals surface area contributed by atoms with Gasteiger partial charge >= 0.3 is 0 Å². The first-order valence-electron chi connectivity index (χ1n) is 35.3. The molecule has 0 heterocycles. The molecular weight excluding hydrogens is 1230 g/mol. The molecule has 0 atom stereocenters. The normalized spacial score (nSPS) is 10.2. The minimum Gasteiger partial charge on any atom is -0.0622 e. The van der Waals surface area contributed by atoms with E-state index in [4.69, 9.17) is 0 Å². The van der Waals surface area contributed by atoms with Crippen LogP contribution in [0.5, 0.6) is 0 Å². The second kappa shape index (κ2) is 38.2. The average Bonchev–Trinajstić information content (AvgIpc) is 1.12. The van der Waals surface area contributed by atoms with E-state index in [0.717, 1.165) is 0 Å². The Kier molecular flexibility index (Phi) is 27.2. The van der Waals surface area contributed by atoms with E-state index in [1.165, 1.54) is 143 Å². The molecule has 17 aromatic carbocycles. The Morgan fingerprint density at radius 2 is 0.412 bits per heavy atom. The van der Waals surface area contributed by atoms with Crippen molar-refractivity contribution in [3.05, 3.63) is 457 Å². The van der Waals surface area contributed by atoms with Crippen LogP contribution in [-0.2, 0) is 0 Å². The monoisotopic (exact) mass is 1320 g/mol. The molecule has 17 aromatic rings. The minimum absolute atomic E-state index is 1.28. The highest BCUT2D eigenvalue weighted by Gasteiger charge is 2.05. The van der Waals surface area contributed by atoms with Gasteiger partial charge in [-0.3, -0.25) is 0 Å². The first-order chi connectivity index (χ1) is 49.9. The zero-order valence-electron chi connectivity index (χ0n) is 60.3. The van der Waals surface area contributed by atoms with Crippen LogP contribution >= 0.6 is 0 Å². The fourth-order valence-electron chi connectivity index (χ4n) is 12.1. The van der Waals surface area contributed by atoms with Crippen molar-refractivity contribution >= 4 is 43.1 Å². The minimum atomic E-state index is 1.28. The van der Waals surface area contributed by atoms with Gasteiger partial charge in [0.1, 0.15) is 0 Å². The molecule has 0 spiro atoms. The highest BCUT2D eigenvalue weighted by molar-refractivity contribution is 5.98. The maximum absolute atomic E-state index is 2.24. The summed E-state index contributed by atoms with van der Waals surface area (Å²) in [5.74, 6) is 0. The first kappa shape index (κ1) is 72.5. The summed E-state index contributed by atoms with van der Waals surface area (Å²) in [6.07, 6.45) is 0. The molecule has 17 rings (SSSR count). The van der Waals surface area contributed by atoms with Gasteiger partial charge in [-0.25, -0.2) is 0 Å². The largest absolute Gasteiger partial charge is 0.0622 e. The molecular formula is C102H92. The summed E-state index contributed by atoms with van der Waals surface area (Å²) < 4.78 is 0. The van der Waals surface area contributed by atoms with Crippen molar-refractivity contribution in [2.24, 2.45) is 0 Å². The van der Waals surface area contributed by atoms with Crippen molar-refractivity contribution < 1.29 is 0 Å². The van der Waals surface area contributed by atoms with Gasteiger partial charge in [-0.1, -0.05) is 446 Å². The number of hydrogen-bond donors (Lipinski definition) is 0. The maximum Gasteiger partial charge on any atom is -0.0105 e. The van der Waals surface area contributed by atoms with Crippen LogP contribution in [-0.4, -0.2) is 0 Å². The van der Waals surface area contributed by atoms with Crippen LogP contribution in [0, 0.1) is 55.4 Å². The van der Waals surface area contributed by atoms with E-state index in [0.29, 0.717) is 0 Å². The topological polar surface area (TPSA) is 0 Å². The third-order valence-corrected chi connectivity index (χ3v) is 17.6. The Hall–Kier alpha value is -12.2. The van der Waals surface area contributed by atoms with E-state index in [9.17, 15) is 0 Å². The summed E-state index contributed by atoms with van der Waals surface area (Å²) in [4.78, 5) is 0. The lowest BCUT2D eigenvalue weighted by atomic mass is 9.97. The van der Waals surface area contributed by atoms with Crippen molar-refractivity contribution in [3.8, 4) is 55.6 Å². The Bertz CT molecular complexity index is 5300. The molecule has 0 aromatic heterocycles. The Labute approximate surface area is 607 Å². The van der Waals surface area contributed by atoms with Gasteiger partial charge in [0.25, 0.3) is 0 Å². The number of fused-ring (bicyclic) bond motifs is 4. The van der Waals surface area contributed by atoms with Crippen molar-refractivity contribution in [1.29, 1.82) is 0 Å². The van der Waals surface area contributed by atoms with Crippen molar-refractivity contribution in [3.63, 3.8) is 0 Å². The van der Waals surface area contributed by atoms with E-state index in [1.807, 2.05) is 36.4 Å². The van der Waals surface area contributed by atoms with Gasteiger partial charge in [-0.05, 0) is 165 Å². The van der Waals surface area contributed by atoms with E-state index >= 15 is 0 Å². The summed E-state index contributed by atoms with van der Waals surface area (Å²) in [6.45, 7) is 17.0. The maximum atomic E-state index is 2.24. The molecule has 0 nitrogen and oxygen atoms in total. The van der Waals surface area contributed by atoms with Gasteiger partial charge in [0.2, 0.25) is 0 Å². The average molecular weight is 1320 g/mol. The van der Waals surface area contributed by atoms with E-state index in [-0.39, 0.29) is 0 Å². The van der Waals surface area contributed by atoms with Crippen molar-refractivity contribution in [2.45, 2.75) is 55.4 Å². The SMILES string of the molecule is Cc1ccc(-c2cccc3ccccc23)cc1.Cc1ccc(-c2ccccc2)cc1.Cc1ccc2ccccc2c1.Cc1cccc(-c2cccc3ccccc23)c1.Cc1cccc(-c2ccccc2)c1.Cc1cccc2ccccc12.Cc1ccccc1.Cc1ccccc1-c1ccccc1. The second-order valence-corrected chi connectivity index (χ2v) is 25.7. The fourth-order valence-corrected chi connectivity index (χ4v) is 12.1. The molecule has 0 aliphatic carbocycles. The van der Waals surface area contributed by atoms with Gasteiger partial charge in [0, 0.05) is 0 Å². The predicted molar refractivity (Wildman–Crippen MR) is 447 cm³/mol. The summed E-state index contributed by atoms with van der Waals surface area (Å²) in [5, 5.41) is 10.6. The van der Waals surface area contributed by atoms with Crippen LogP contribution in [0.2, 0.25) is 0 Å². The number of aryl methyl sites for hydroxylation is 8. The Balaban J connectivity index is 0.000000127. The number of benzene rings is 17. The summed E-state index contributed by atoms with van der Waals surface area (Å²) in [7, 11) is 0. The zero-order valence-corrected chi connectivity index (χ0v) is 60.3. The van der Waals surface area contributed by atoms with Gasteiger partial charge in [0.15, 0.2) is 0 Å². The Morgan fingerprint density at radius 1 is 0.127 bits per heavy atom. The lowest BCUT2D eigenvalue weighted by Gasteiger charge is -2.07. The standard InChI is InChI=1S/2C17H14.3C13H12.2C11H10.C7H8/c1-13-6-4-9-15(12-13)17-11-5-8-14-7-2-3-10-16(14)17;1-13-9-11-15(12-10-13)17-8-4-6-14-5-2-3-7-16(14)17;1-11-7-5-6-10-13(11)12-8-3-2-4-9-12;1-11-6-5-9-13(10-11)12-7-3-2-4-8-12;1-11-7-9-13(10-8-11)12-5-3-2-4-6-12;1-9-5-4-7-10-6-2-3-8-11(9)10;1-9-6-7-10-4-2-3-5-11(10)8-9;1-7-5-3-2-4-6-7/h2*2-12H,1H3;3*2-10H,1H3;2*2-8H,1H3;2-6H,1H3. The smallest absolute Gasteiger partial charge is 0.0105 e. The molecule has 0 fully saturated rings. The van der Waals surface area contributed by atoms with Gasteiger partial charge in [0.05, 0.1) is 0 Å². The first-order valence-corrected chi connectivity index (χ1v) is 35.3. The lowest BCUT2D eigenvalue weighted by molar-refractivity contribution is 1.46. The molecule has 0 bridgehead atoms. The number of hydrogen-bond acceptors (Lipinski definition) is 0. The second-order valence-electron chi connectivity index (χ2n) is 25.7. The quantitative estimate of drug-likeness (QED) is 0.161. The summed E-state index contributed by atoms with van der Waals surface area (Å²) in [6, 6.07) is 144. The molecule has 0 amide bonds. The van der Waals surface area contributed by atoms with Crippen LogP contribution in [0.3, 0.4) is 0 Å². The van der Waals surface area contributed by atoms with Crippen molar-refractivity contribution in [1.82, 2.24) is 0 Å².